The molecule has 17 heavy (non-hydrogen) atoms. The van der Waals surface area contributed by atoms with Crippen LogP contribution in [0.25, 0.3) is 0 Å². The van der Waals surface area contributed by atoms with Crippen LogP contribution in [-0.4, -0.2) is 49.1 Å². The molecule has 1 saturated carbocycles. The van der Waals surface area contributed by atoms with Crippen molar-refractivity contribution in [3.63, 3.8) is 0 Å². The molecule has 100 valence electrons. The van der Waals surface area contributed by atoms with E-state index in [2.05, 4.69) is 6.26 Å². The number of piperidine rings is 1. The van der Waals surface area contributed by atoms with E-state index in [1.807, 2.05) is 0 Å². The van der Waals surface area contributed by atoms with E-state index in [4.69, 9.17) is 5.73 Å². The molecule has 1 aliphatic heterocycles. The first-order chi connectivity index (χ1) is 8.01. The van der Waals surface area contributed by atoms with Crippen molar-refractivity contribution in [1.29, 1.82) is 0 Å². The number of hydrogen-bond donors (Lipinski definition) is 1. The minimum Gasteiger partial charge on any atom is -0.329 e. The molecule has 2 N–H and O–H groups in total. The molecule has 0 aromatic carbocycles. The Morgan fingerprint density at radius 2 is 1.94 bits per heavy atom. The molecule has 0 spiro atoms. The SMILES string of the molecule is CSC1(CN)CCN(S(=O)(=O)CC2CC2)CC1. The Labute approximate surface area is 108 Å². The fourth-order valence-corrected chi connectivity index (χ4v) is 4.99. The van der Waals surface area contributed by atoms with Crippen molar-refractivity contribution in [1.82, 2.24) is 4.31 Å². The fourth-order valence-electron chi connectivity index (χ4n) is 2.35. The lowest BCUT2D eigenvalue weighted by atomic mass is 9.97. The van der Waals surface area contributed by atoms with Crippen molar-refractivity contribution < 1.29 is 8.42 Å². The highest BCUT2D eigenvalue weighted by atomic mass is 32.2. The second kappa shape index (κ2) is 5.07. The Hall–Kier alpha value is 0.220. The Bertz CT molecular complexity index is 352. The summed E-state index contributed by atoms with van der Waals surface area (Å²) in [5.41, 5.74) is 5.81. The van der Waals surface area contributed by atoms with Gasteiger partial charge in [0, 0.05) is 24.4 Å². The molecular formula is C11H22N2O2S2. The molecular weight excluding hydrogens is 256 g/mol. The van der Waals surface area contributed by atoms with E-state index in [9.17, 15) is 8.42 Å². The van der Waals surface area contributed by atoms with Crippen molar-refractivity contribution in [2.45, 2.75) is 30.4 Å². The average molecular weight is 278 g/mol. The summed E-state index contributed by atoms with van der Waals surface area (Å²) in [7, 11) is -3.00. The zero-order valence-corrected chi connectivity index (χ0v) is 12.0. The molecule has 4 nitrogen and oxygen atoms in total. The standard InChI is InChI=1S/C11H22N2O2S2/c1-16-11(9-12)4-6-13(7-5-11)17(14,15)8-10-2-3-10/h10H,2-9,12H2,1H3. The first-order valence-corrected chi connectivity index (χ1v) is 9.08. The van der Waals surface area contributed by atoms with E-state index in [-0.39, 0.29) is 4.75 Å². The van der Waals surface area contributed by atoms with Crippen molar-refractivity contribution >= 4 is 21.8 Å². The Kier molecular flexibility index (Phi) is 4.07. The fraction of sp³-hybridized carbons (Fsp3) is 1.00. The maximum atomic E-state index is 12.1. The topological polar surface area (TPSA) is 63.4 Å². The predicted molar refractivity (Wildman–Crippen MR) is 72.6 cm³/mol. The highest BCUT2D eigenvalue weighted by Gasteiger charge is 2.38. The molecule has 0 atom stereocenters. The summed E-state index contributed by atoms with van der Waals surface area (Å²) in [4.78, 5) is 0. The van der Waals surface area contributed by atoms with Gasteiger partial charge in [-0.15, -0.1) is 0 Å². The maximum Gasteiger partial charge on any atom is 0.214 e. The molecule has 2 rings (SSSR count). The molecule has 0 aromatic heterocycles. The van der Waals surface area contributed by atoms with Gasteiger partial charge in [0.1, 0.15) is 0 Å². The van der Waals surface area contributed by atoms with Crippen LogP contribution < -0.4 is 5.73 Å². The first-order valence-electron chi connectivity index (χ1n) is 6.24. The summed E-state index contributed by atoms with van der Waals surface area (Å²) in [6.45, 7) is 1.94. The van der Waals surface area contributed by atoms with Gasteiger partial charge in [0.2, 0.25) is 10.0 Å². The Morgan fingerprint density at radius 1 is 1.35 bits per heavy atom. The molecule has 0 amide bonds. The first kappa shape index (κ1) is 13.6. The van der Waals surface area contributed by atoms with Gasteiger partial charge in [-0.2, -0.15) is 11.8 Å². The molecule has 1 heterocycles. The third kappa shape index (κ3) is 3.16. The largest absolute Gasteiger partial charge is 0.329 e. The van der Waals surface area contributed by atoms with E-state index in [0.717, 1.165) is 25.7 Å². The van der Waals surface area contributed by atoms with E-state index in [1.54, 1.807) is 16.1 Å². The number of hydrogen-bond acceptors (Lipinski definition) is 4. The summed E-state index contributed by atoms with van der Waals surface area (Å²) in [5, 5.41) is 0. The van der Waals surface area contributed by atoms with E-state index in [1.165, 1.54) is 0 Å². The van der Waals surface area contributed by atoms with Crippen LogP contribution in [0.5, 0.6) is 0 Å². The zero-order valence-electron chi connectivity index (χ0n) is 10.4. The van der Waals surface area contributed by atoms with Crippen LogP contribution in [0.3, 0.4) is 0 Å². The summed E-state index contributed by atoms with van der Waals surface area (Å²) >= 11 is 1.79. The lowest BCUT2D eigenvalue weighted by molar-refractivity contribution is 0.301. The van der Waals surface area contributed by atoms with Crippen LogP contribution >= 0.6 is 11.8 Å². The minimum atomic E-state index is -3.00. The number of nitrogens with two attached hydrogens (primary N) is 1. The summed E-state index contributed by atoms with van der Waals surface area (Å²) in [6.07, 6.45) is 6.01. The second-order valence-corrected chi connectivity index (χ2v) is 8.50. The van der Waals surface area contributed by atoms with Crippen LogP contribution in [0.1, 0.15) is 25.7 Å². The summed E-state index contributed by atoms with van der Waals surface area (Å²) < 4.78 is 26.0. The smallest absolute Gasteiger partial charge is 0.214 e. The van der Waals surface area contributed by atoms with Crippen LogP contribution in [-0.2, 0) is 10.0 Å². The van der Waals surface area contributed by atoms with Crippen molar-refractivity contribution in [2.24, 2.45) is 11.7 Å². The number of nitrogens with zero attached hydrogens (tertiary/aromatic N) is 1. The lowest BCUT2D eigenvalue weighted by Crippen LogP contribution is -2.48. The van der Waals surface area contributed by atoms with Crippen molar-refractivity contribution in [3.8, 4) is 0 Å². The van der Waals surface area contributed by atoms with E-state index in [0.29, 0.717) is 31.3 Å². The van der Waals surface area contributed by atoms with E-state index >= 15 is 0 Å². The third-order valence-electron chi connectivity index (χ3n) is 3.98. The Morgan fingerprint density at radius 3 is 2.35 bits per heavy atom. The summed E-state index contributed by atoms with van der Waals surface area (Å²) in [5.74, 6) is 0.795. The molecule has 0 aromatic rings. The van der Waals surface area contributed by atoms with Gasteiger partial charge in [-0.05, 0) is 37.9 Å². The molecule has 2 fully saturated rings. The monoisotopic (exact) mass is 278 g/mol. The van der Waals surface area contributed by atoms with Crippen molar-refractivity contribution in [2.75, 3.05) is 31.6 Å². The molecule has 1 saturated heterocycles. The van der Waals surface area contributed by atoms with Gasteiger partial charge in [0.25, 0.3) is 0 Å². The van der Waals surface area contributed by atoms with Gasteiger partial charge in [-0.1, -0.05) is 0 Å². The van der Waals surface area contributed by atoms with Crippen LogP contribution in [0.4, 0.5) is 0 Å². The van der Waals surface area contributed by atoms with Gasteiger partial charge in [-0.25, -0.2) is 12.7 Å². The molecule has 6 heteroatoms. The molecule has 2 aliphatic rings. The second-order valence-electron chi connectivity index (χ2n) is 5.21. The quantitative estimate of drug-likeness (QED) is 0.811. The van der Waals surface area contributed by atoms with Crippen molar-refractivity contribution in [3.05, 3.63) is 0 Å². The van der Waals surface area contributed by atoms with Gasteiger partial charge < -0.3 is 5.73 Å². The molecule has 0 radical (unpaired) electrons. The predicted octanol–water partition coefficient (Wildman–Crippen LogP) is 0.882. The number of thioether (sulfide) groups is 1. The number of sulfonamides is 1. The normalized spacial score (nSPS) is 26.0. The van der Waals surface area contributed by atoms with Crippen LogP contribution in [0.15, 0.2) is 0 Å². The third-order valence-corrected chi connectivity index (χ3v) is 7.46. The maximum absolute atomic E-state index is 12.1. The average Bonchev–Trinajstić information content (AvgIpc) is 3.12. The number of rotatable bonds is 5. The van der Waals surface area contributed by atoms with Gasteiger partial charge in [0.15, 0.2) is 0 Å². The summed E-state index contributed by atoms with van der Waals surface area (Å²) in [6, 6.07) is 0. The van der Waals surface area contributed by atoms with Crippen LogP contribution in [0.2, 0.25) is 0 Å². The highest BCUT2D eigenvalue weighted by Crippen LogP contribution is 2.36. The van der Waals surface area contributed by atoms with E-state index < -0.39 is 10.0 Å². The minimum absolute atomic E-state index is 0.103. The molecule has 1 aliphatic carbocycles. The lowest BCUT2D eigenvalue weighted by Gasteiger charge is -2.39. The zero-order chi connectivity index (χ0) is 12.5. The van der Waals surface area contributed by atoms with Gasteiger partial charge in [-0.3, -0.25) is 0 Å². The van der Waals surface area contributed by atoms with Gasteiger partial charge in [0.05, 0.1) is 5.75 Å². The van der Waals surface area contributed by atoms with Gasteiger partial charge >= 0.3 is 0 Å². The highest BCUT2D eigenvalue weighted by molar-refractivity contribution is 8.00. The molecule has 0 bridgehead atoms. The Balaban J connectivity index is 1.93. The van der Waals surface area contributed by atoms with Crippen LogP contribution in [0, 0.1) is 5.92 Å². The molecule has 0 unspecified atom stereocenters.